The van der Waals surface area contributed by atoms with Crippen molar-refractivity contribution in [3.05, 3.63) is 54.6 Å². The van der Waals surface area contributed by atoms with Gasteiger partial charge in [0.25, 0.3) is 0 Å². The lowest BCUT2D eigenvalue weighted by Crippen LogP contribution is -2.34. The number of rotatable bonds is 9. The van der Waals surface area contributed by atoms with Crippen LogP contribution in [0.5, 0.6) is 11.5 Å². The summed E-state index contributed by atoms with van der Waals surface area (Å²) < 4.78 is 16.1. The fraction of sp³-hybridized carbons (Fsp3) is 0.333. The molecule has 1 N–H and O–H groups in total. The summed E-state index contributed by atoms with van der Waals surface area (Å²) >= 11 is 0. The van der Waals surface area contributed by atoms with Gasteiger partial charge in [-0.2, -0.15) is 0 Å². The molecule has 0 radical (unpaired) electrons. The summed E-state index contributed by atoms with van der Waals surface area (Å²) in [7, 11) is 1.57. The monoisotopic (exact) mass is 384 g/mol. The van der Waals surface area contributed by atoms with Crippen LogP contribution >= 0.6 is 0 Å². The average Bonchev–Trinajstić information content (AvgIpc) is 3.11. The highest BCUT2D eigenvalue weighted by Crippen LogP contribution is 2.25. The molecule has 0 aliphatic carbocycles. The predicted molar refractivity (Wildman–Crippen MR) is 105 cm³/mol. The van der Waals surface area contributed by atoms with Gasteiger partial charge >= 0.3 is 6.09 Å². The van der Waals surface area contributed by atoms with E-state index in [0.29, 0.717) is 37.4 Å². The molecule has 1 aliphatic rings. The summed E-state index contributed by atoms with van der Waals surface area (Å²) in [4.78, 5) is 25.6. The van der Waals surface area contributed by atoms with E-state index in [9.17, 15) is 9.59 Å². The van der Waals surface area contributed by atoms with Crippen molar-refractivity contribution < 1.29 is 23.8 Å². The lowest BCUT2D eigenvalue weighted by atomic mass is 10.2. The van der Waals surface area contributed by atoms with Crippen LogP contribution in [0.25, 0.3) is 0 Å². The predicted octanol–water partition coefficient (Wildman–Crippen LogP) is 3.00. The van der Waals surface area contributed by atoms with Gasteiger partial charge in [-0.1, -0.05) is 24.3 Å². The van der Waals surface area contributed by atoms with Gasteiger partial charge < -0.3 is 19.5 Å². The molecule has 1 unspecified atom stereocenters. The molecule has 2 amide bonds. The van der Waals surface area contributed by atoms with Crippen molar-refractivity contribution in [3.63, 3.8) is 0 Å². The van der Waals surface area contributed by atoms with E-state index >= 15 is 0 Å². The quantitative estimate of drug-likeness (QED) is 0.673. The molecular formula is C21H24N2O5. The Morgan fingerprint density at radius 2 is 1.96 bits per heavy atom. The van der Waals surface area contributed by atoms with Crippen molar-refractivity contribution in [1.82, 2.24) is 5.32 Å². The summed E-state index contributed by atoms with van der Waals surface area (Å²) in [6, 6.07) is 16.7. The van der Waals surface area contributed by atoms with Gasteiger partial charge in [0.15, 0.2) is 0 Å². The molecule has 148 valence electrons. The van der Waals surface area contributed by atoms with Crippen LogP contribution < -0.4 is 19.7 Å². The summed E-state index contributed by atoms with van der Waals surface area (Å²) in [6.45, 7) is 1.13. The normalized spacial score (nSPS) is 15.8. The SMILES string of the molecule is COc1cccc(N2CC(CNC(=O)CCCOc3ccccc3)OC2=O)c1. The third-order valence-electron chi connectivity index (χ3n) is 4.33. The largest absolute Gasteiger partial charge is 0.497 e. The molecule has 0 spiro atoms. The smallest absolute Gasteiger partial charge is 0.414 e. The lowest BCUT2D eigenvalue weighted by molar-refractivity contribution is -0.121. The van der Waals surface area contributed by atoms with Crippen LogP contribution in [0.1, 0.15) is 12.8 Å². The summed E-state index contributed by atoms with van der Waals surface area (Å²) in [5.41, 5.74) is 0.705. The van der Waals surface area contributed by atoms with Crippen LogP contribution in [-0.2, 0) is 9.53 Å². The van der Waals surface area contributed by atoms with Crippen molar-refractivity contribution in [2.45, 2.75) is 18.9 Å². The molecule has 0 saturated carbocycles. The zero-order valence-corrected chi connectivity index (χ0v) is 15.8. The molecule has 7 nitrogen and oxygen atoms in total. The average molecular weight is 384 g/mol. The van der Waals surface area contributed by atoms with Gasteiger partial charge in [-0.3, -0.25) is 9.69 Å². The molecule has 1 atom stereocenters. The second-order valence-corrected chi connectivity index (χ2v) is 6.39. The van der Waals surface area contributed by atoms with E-state index in [4.69, 9.17) is 14.2 Å². The summed E-state index contributed by atoms with van der Waals surface area (Å²) in [5.74, 6) is 1.37. The number of benzene rings is 2. The Morgan fingerprint density at radius 1 is 1.18 bits per heavy atom. The standard InChI is InChI=1S/C21H24N2O5/c1-26-18-10-5-7-16(13-18)23-15-19(28-21(23)25)14-22-20(24)11-6-12-27-17-8-3-2-4-9-17/h2-5,7-10,13,19H,6,11-12,14-15H2,1H3,(H,22,24). The number of nitrogens with zero attached hydrogens (tertiary/aromatic N) is 1. The Bertz CT molecular complexity index is 796. The van der Waals surface area contributed by atoms with Crippen LogP contribution in [-0.4, -0.2) is 44.9 Å². The molecule has 0 bridgehead atoms. The number of para-hydroxylation sites is 1. The van der Waals surface area contributed by atoms with E-state index in [2.05, 4.69) is 5.32 Å². The first-order chi connectivity index (χ1) is 13.7. The minimum absolute atomic E-state index is 0.0902. The minimum atomic E-state index is -0.427. The number of carbonyl (C=O) groups excluding carboxylic acids is 2. The van der Waals surface area contributed by atoms with Gasteiger partial charge in [0.1, 0.15) is 17.6 Å². The molecule has 2 aromatic rings. The van der Waals surface area contributed by atoms with Gasteiger partial charge in [0.05, 0.1) is 32.5 Å². The summed E-state index contributed by atoms with van der Waals surface area (Å²) in [5, 5.41) is 2.82. The number of methoxy groups -OCH3 is 1. The van der Waals surface area contributed by atoms with Crippen molar-refractivity contribution >= 4 is 17.7 Å². The van der Waals surface area contributed by atoms with E-state index in [1.807, 2.05) is 48.5 Å². The van der Waals surface area contributed by atoms with Gasteiger partial charge in [-0.15, -0.1) is 0 Å². The Morgan fingerprint density at radius 3 is 2.75 bits per heavy atom. The molecule has 7 heteroatoms. The highest BCUT2D eigenvalue weighted by atomic mass is 16.6. The minimum Gasteiger partial charge on any atom is -0.497 e. The highest BCUT2D eigenvalue weighted by Gasteiger charge is 2.32. The van der Waals surface area contributed by atoms with Gasteiger partial charge in [0.2, 0.25) is 5.91 Å². The molecule has 1 fully saturated rings. The number of anilines is 1. The molecule has 0 aromatic heterocycles. The molecule has 2 aromatic carbocycles. The lowest BCUT2D eigenvalue weighted by Gasteiger charge is -2.14. The zero-order chi connectivity index (χ0) is 19.8. The molecule has 3 rings (SSSR count). The topological polar surface area (TPSA) is 77.1 Å². The first-order valence-corrected chi connectivity index (χ1v) is 9.22. The van der Waals surface area contributed by atoms with Crippen LogP contribution in [0.4, 0.5) is 10.5 Å². The van der Waals surface area contributed by atoms with Crippen LogP contribution in [0, 0.1) is 0 Å². The zero-order valence-electron chi connectivity index (χ0n) is 15.8. The third kappa shape index (κ3) is 5.39. The number of amides is 2. The first-order valence-electron chi connectivity index (χ1n) is 9.22. The van der Waals surface area contributed by atoms with Gasteiger partial charge in [0, 0.05) is 12.5 Å². The van der Waals surface area contributed by atoms with E-state index < -0.39 is 6.09 Å². The fourth-order valence-corrected chi connectivity index (χ4v) is 2.87. The molecular weight excluding hydrogens is 360 g/mol. The van der Waals surface area contributed by atoms with Crippen molar-refractivity contribution in [2.24, 2.45) is 0 Å². The molecule has 1 saturated heterocycles. The fourth-order valence-electron chi connectivity index (χ4n) is 2.87. The Balaban J connectivity index is 1.37. The highest BCUT2D eigenvalue weighted by molar-refractivity contribution is 5.90. The van der Waals surface area contributed by atoms with E-state index in [0.717, 1.165) is 5.75 Å². The van der Waals surface area contributed by atoms with E-state index in [1.54, 1.807) is 13.2 Å². The maximum absolute atomic E-state index is 12.1. The Kier molecular flexibility index (Phi) is 6.73. The number of ether oxygens (including phenoxy) is 3. The number of nitrogens with one attached hydrogen (secondary N) is 1. The Labute approximate surface area is 164 Å². The number of cyclic esters (lactones) is 1. The number of hydrogen-bond acceptors (Lipinski definition) is 5. The third-order valence-corrected chi connectivity index (χ3v) is 4.33. The summed E-state index contributed by atoms with van der Waals surface area (Å²) in [6.07, 6.45) is 0.154. The molecule has 28 heavy (non-hydrogen) atoms. The van der Waals surface area contributed by atoms with E-state index in [-0.39, 0.29) is 18.6 Å². The van der Waals surface area contributed by atoms with Crippen molar-refractivity contribution in [3.8, 4) is 11.5 Å². The van der Waals surface area contributed by atoms with Crippen molar-refractivity contribution in [2.75, 3.05) is 31.7 Å². The maximum Gasteiger partial charge on any atom is 0.414 e. The van der Waals surface area contributed by atoms with Crippen LogP contribution in [0.15, 0.2) is 54.6 Å². The maximum atomic E-state index is 12.1. The number of carbonyl (C=O) groups is 2. The van der Waals surface area contributed by atoms with E-state index in [1.165, 1.54) is 4.90 Å². The van der Waals surface area contributed by atoms with Crippen LogP contribution in [0.3, 0.4) is 0 Å². The van der Waals surface area contributed by atoms with Crippen molar-refractivity contribution in [1.29, 1.82) is 0 Å². The Hall–Kier alpha value is -3.22. The van der Waals surface area contributed by atoms with Gasteiger partial charge in [-0.05, 0) is 30.7 Å². The van der Waals surface area contributed by atoms with Gasteiger partial charge in [-0.25, -0.2) is 4.79 Å². The second kappa shape index (κ2) is 9.64. The molecule has 1 heterocycles. The second-order valence-electron chi connectivity index (χ2n) is 6.39. The van der Waals surface area contributed by atoms with Crippen LogP contribution in [0.2, 0.25) is 0 Å². The molecule has 1 aliphatic heterocycles. The first kappa shape index (κ1) is 19.5. The number of hydrogen-bond donors (Lipinski definition) is 1.